The molecule has 0 fully saturated rings. The van der Waals surface area contributed by atoms with E-state index < -0.39 is 12.0 Å². The van der Waals surface area contributed by atoms with Crippen LogP contribution < -0.4 is 5.32 Å². The molecule has 0 aliphatic rings. The van der Waals surface area contributed by atoms with Crippen molar-refractivity contribution in [2.24, 2.45) is 5.92 Å². The molecular weight excluding hydrogens is 270 g/mol. The molecule has 0 spiro atoms. The molecule has 6 nitrogen and oxygen atoms in total. The van der Waals surface area contributed by atoms with Crippen LogP contribution in [0, 0.1) is 5.92 Å². The number of carbonyl (C=O) groups is 1. The van der Waals surface area contributed by atoms with Gasteiger partial charge in [0.05, 0.1) is 6.54 Å². The smallest absolute Gasteiger partial charge is 0.320 e. The van der Waals surface area contributed by atoms with Crippen LogP contribution in [-0.2, 0) is 11.3 Å². The molecule has 2 aromatic rings. The van der Waals surface area contributed by atoms with Crippen molar-refractivity contribution in [2.75, 3.05) is 0 Å². The molecule has 1 unspecified atom stereocenters. The highest BCUT2D eigenvalue weighted by molar-refractivity contribution is 5.73. The van der Waals surface area contributed by atoms with Crippen LogP contribution in [0.5, 0.6) is 0 Å². The van der Waals surface area contributed by atoms with E-state index >= 15 is 0 Å². The van der Waals surface area contributed by atoms with Crippen molar-refractivity contribution >= 4 is 5.97 Å². The van der Waals surface area contributed by atoms with Crippen LogP contribution >= 0.6 is 0 Å². The molecule has 0 saturated carbocycles. The SMILES string of the molecule is CC(C)CC(NCc1nc(-c2ccccc2)no1)C(=O)O. The summed E-state index contributed by atoms with van der Waals surface area (Å²) in [6.07, 6.45) is 0.551. The average molecular weight is 289 g/mol. The number of aliphatic carboxylic acids is 1. The van der Waals surface area contributed by atoms with Gasteiger partial charge in [-0.05, 0) is 12.3 Å². The number of benzene rings is 1. The Morgan fingerprint density at radius 2 is 2.05 bits per heavy atom. The van der Waals surface area contributed by atoms with Crippen molar-refractivity contribution in [2.45, 2.75) is 32.9 Å². The summed E-state index contributed by atoms with van der Waals surface area (Å²) in [6, 6.07) is 8.87. The van der Waals surface area contributed by atoms with Crippen molar-refractivity contribution in [1.29, 1.82) is 0 Å². The summed E-state index contributed by atoms with van der Waals surface area (Å²) in [5, 5.41) is 16.0. The zero-order valence-electron chi connectivity index (χ0n) is 12.1. The van der Waals surface area contributed by atoms with Gasteiger partial charge in [-0.15, -0.1) is 0 Å². The minimum absolute atomic E-state index is 0.240. The van der Waals surface area contributed by atoms with Gasteiger partial charge in [0.2, 0.25) is 11.7 Å². The van der Waals surface area contributed by atoms with E-state index in [1.165, 1.54) is 0 Å². The average Bonchev–Trinajstić information content (AvgIpc) is 2.92. The molecule has 1 aromatic carbocycles. The lowest BCUT2D eigenvalue weighted by Crippen LogP contribution is -2.37. The highest BCUT2D eigenvalue weighted by atomic mass is 16.5. The third-order valence-electron chi connectivity index (χ3n) is 3.00. The van der Waals surface area contributed by atoms with Gasteiger partial charge < -0.3 is 9.63 Å². The van der Waals surface area contributed by atoms with Gasteiger partial charge in [-0.1, -0.05) is 49.3 Å². The van der Waals surface area contributed by atoms with Gasteiger partial charge in [0.15, 0.2) is 0 Å². The Morgan fingerprint density at radius 1 is 1.33 bits per heavy atom. The van der Waals surface area contributed by atoms with Gasteiger partial charge in [0.25, 0.3) is 0 Å². The van der Waals surface area contributed by atoms with Crippen molar-refractivity contribution in [3.63, 3.8) is 0 Å². The summed E-state index contributed by atoms with van der Waals surface area (Å²) in [5.41, 5.74) is 0.865. The second-order valence-corrected chi connectivity index (χ2v) is 5.28. The Morgan fingerprint density at radius 3 is 2.67 bits per heavy atom. The molecule has 2 N–H and O–H groups in total. The monoisotopic (exact) mass is 289 g/mol. The summed E-state index contributed by atoms with van der Waals surface area (Å²) in [7, 11) is 0. The third kappa shape index (κ3) is 4.39. The molecule has 1 atom stereocenters. The molecule has 1 aromatic heterocycles. The highest BCUT2D eigenvalue weighted by Gasteiger charge is 2.19. The molecule has 0 radical (unpaired) electrons. The number of rotatable bonds is 7. The summed E-state index contributed by atoms with van der Waals surface area (Å²) < 4.78 is 5.14. The standard InChI is InChI=1S/C15H19N3O3/c1-10(2)8-12(15(19)20)16-9-13-17-14(18-21-13)11-6-4-3-5-7-11/h3-7,10,12,16H,8-9H2,1-2H3,(H,19,20). The molecule has 0 aliphatic carbocycles. The summed E-state index contributed by atoms with van der Waals surface area (Å²) in [5.74, 6) is 0.305. The fraction of sp³-hybridized carbons (Fsp3) is 0.400. The van der Waals surface area contributed by atoms with E-state index in [0.717, 1.165) is 5.56 Å². The maximum atomic E-state index is 11.2. The van der Waals surface area contributed by atoms with E-state index in [-0.39, 0.29) is 6.54 Å². The molecule has 0 amide bonds. The topological polar surface area (TPSA) is 88.3 Å². The first-order chi connectivity index (χ1) is 10.1. The quantitative estimate of drug-likeness (QED) is 0.813. The van der Waals surface area contributed by atoms with Crippen LogP contribution in [0.4, 0.5) is 0 Å². The lowest BCUT2D eigenvalue weighted by molar-refractivity contribution is -0.140. The van der Waals surface area contributed by atoms with Gasteiger partial charge in [0.1, 0.15) is 6.04 Å². The Bertz CT molecular complexity index is 581. The number of carboxylic acid groups (broad SMARTS) is 1. The number of hydrogen-bond donors (Lipinski definition) is 2. The molecule has 1 heterocycles. The first-order valence-electron chi connectivity index (χ1n) is 6.90. The van der Waals surface area contributed by atoms with Crippen LogP contribution in [0.15, 0.2) is 34.9 Å². The normalized spacial score (nSPS) is 12.5. The van der Waals surface area contributed by atoms with Crippen LogP contribution in [-0.4, -0.2) is 27.3 Å². The van der Waals surface area contributed by atoms with Gasteiger partial charge in [-0.25, -0.2) is 0 Å². The van der Waals surface area contributed by atoms with Crippen molar-refractivity contribution in [1.82, 2.24) is 15.5 Å². The van der Waals surface area contributed by atoms with Gasteiger partial charge in [-0.3, -0.25) is 10.1 Å². The zero-order chi connectivity index (χ0) is 15.2. The van der Waals surface area contributed by atoms with E-state index in [9.17, 15) is 4.79 Å². The van der Waals surface area contributed by atoms with Crippen LogP contribution in [0.3, 0.4) is 0 Å². The van der Waals surface area contributed by atoms with Crippen molar-refractivity contribution < 1.29 is 14.4 Å². The molecular formula is C15H19N3O3. The van der Waals surface area contributed by atoms with Gasteiger partial charge in [-0.2, -0.15) is 4.98 Å². The van der Waals surface area contributed by atoms with Crippen LogP contribution in [0.25, 0.3) is 11.4 Å². The minimum atomic E-state index is -0.869. The lowest BCUT2D eigenvalue weighted by atomic mass is 10.0. The van der Waals surface area contributed by atoms with Crippen LogP contribution in [0.2, 0.25) is 0 Å². The Hall–Kier alpha value is -2.21. The molecule has 0 bridgehead atoms. The summed E-state index contributed by atoms with van der Waals surface area (Å²) >= 11 is 0. The maximum absolute atomic E-state index is 11.2. The summed E-state index contributed by atoms with van der Waals surface area (Å²) in [4.78, 5) is 15.4. The maximum Gasteiger partial charge on any atom is 0.320 e. The molecule has 2 rings (SSSR count). The summed E-state index contributed by atoms with van der Waals surface area (Å²) in [6.45, 7) is 4.21. The van der Waals surface area contributed by atoms with E-state index in [1.54, 1.807) is 0 Å². The predicted molar refractivity (Wildman–Crippen MR) is 77.5 cm³/mol. The fourth-order valence-electron chi connectivity index (χ4n) is 1.98. The number of carboxylic acids is 1. The molecule has 0 aliphatic heterocycles. The molecule has 112 valence electrons. The van der Waals surface area contributed by atoms with E-state index in [1.807, 2.05) is 44.2 Å². The first-order valence-corrected chi connectivity index (χ1v) is 6.90. The third-order valence-corrected chi connectivity index (χ3v) is 3.00. The van der Waals surface area contributed by atoms with Crippen molar-refractivity contribution in [3.8, 4) is 11.4 Å². The van der Waals surface area contributed by atoms with E-state index in [2.05, 4.69) is 15.5 Å². The zero-order valence-corrected chi connectivity index (χ0v) is 12.1. The van der Waals surface area contributed by atoms with Crippen molar-refractivity contribution in [3.05, 3.63) is 36.2 Å². The second kappa shape index (κ2) is 6.99. The van der Waals surface area contributed by atoms with Gasteiger partial charge in [0, 0.05) is 5.56 Å². The predicted octanol–water partition coefficient (Wildman–Crippen LogP) is 2.33. The Kier molecular flexibility index (Phi) is 5.05. The van der Waals surface area contributed by atoms with Gasteiger partial charge >= 0.3 is 5.97 Å². The minimum Gasteiger partial charge on any atom is -0.480 e. The number of hydrogen-bond acceptors (Lipinski definition) is 5. The molecule has 21 heavy (non-hydrogen) atoms. The number of aromatic nitrogens is 2. The molecule has 6 heteroatoms. The lowest BCUT2D eigenvalue weighted by Gasteiger charge is -2.14. The first kappa shape index (κ1) is 15.2. The Balaban J connectivity index is 1.98. The van der Waals surface area contributed by atoms with Crippen LogP contribution in [0.1, 0.15) is 26.2 Å². The van der Waals surface area contributed by atoms with E-state index in [4.69, 9.17) is 9.63 Å². The highest BCUT2D eigenvalue weighted by Crippen LogP contribution is 2.15. The van der Waals surface area contributed by atoms with E-state index in [0.29, 0.717) is 24.1 Å². The second-order valence-electron chi connectivity index (χ2n) is 5.28. The fourth-order valence-corrected chi connectivity index (χ4v) is 1.98. The molecule has 0 saturated heterocycles. The Labute approximate surface area is 123 Å². The number of nitrogens with one attached hydrogen (secondary N) is 1. The number of nitrogens with zero attached hydrogens (tertiary/aromatic N) is 2. The largest absolute Gasteiger partial charge is 0.480 e.